The Morgan fingerprint density at radius 1 is 0.630 bits per heavy atom. The van der Waals surface area contributed by atoms with Gasteiger partial charge >= 0.3 is 0 Å². The number of methoxy groups -OCH3 is 2. The van der Waals surface area contributed by atoms with E-state index in [0.29, 0.717) is 31.9 Å². The second-order valence-electron chi connectivity index (χ2n) is 14.4. The van der Waals surface area contributed by atoms with Crippen molar-refractivity contribution in [2.45, 2.75) is 129 Å². The molecule has 0 bridgehead atoms. The molecule has 3 rings (SSSR count). The van der Waals surface area contributed by atoms with Gasteiger partial charge in [0.25, 0.3) is 8.53 Å². The molecule has 0 heterocycles. The zero-order chi connectivity index (χ0) is 39.6. The fourth-order valence-electron chi connectivity index (χ4n) is 7.22. The van der Waals surface area contributed by atoms with Gasteiger partial charge in [0.1, 0.15) is 17.1 Å². The quantitative estimate of drug-likeness (QED) is 0.0349. The Bertz CT molecular complexity index is 1420. The Balaban J connectivity index is 1.93. The molecule has 54 heavy (non-hydrogen) atoms. The van der Waals surface area contributed by atoms with Gasteiger partial charge in [-0.2, -0.15) is 0 Å². The van der Waals surface area contributed by atoms with Crippen LogP contribution >= 0.6 is 8.53 Å². The molecule has 0 N–H and O–H groups in total. The van der Waals surface area contributed by atoms with Gasteiger partial charge in [0, 0.05) is 38.2 Å². The van der Waals surface area contributed by atoms with Crippen LogP contribution in [0.25, 0.3) is 0 Å². The van der Waals surface area contributed by atoms with E-state index >= 15 is 0 Å². The van der Waals surface area contributed by atoms with Crippen molar-refractivity contribution in [3.05, 3.63) is 95.6 Å². The predicted molar refractivity (Wildman–Crippen MR) is 225 cm³/mol. The first-order valence-electron chi connectivity index (χ1n) is 20.0. The zero-order valence-corrected chi connectivity index (χ0v) is 36.0. The summed E-state index contributed by atoms with van der Waals surface area (Å²) in [5, 5.41) is 0. The van der Waals surface area contributed by atoms with Gasteiger partial charge in [-0.15, -0.1) is 0 Å². The number of rotatable bonds is 26. The van der Waals surface area contributed by atoms with Crippen LogP contribution < -0.4 is 9.47 Å². The van der Waals surface area contributed by atoms with Crippen LogP contribution in [0.15, 0.2) is 83.9 Å². The van der Waals surface area contributed by atoms with Crippen LogP contribution in [-0.4, -0.2) is 75.3 Å². The van der Waals surface area contributed by atoms with E-state index in [9.17, 15) is 0 Å². The van der Waals surface area contributed by atoms with E-state index in [1.54, 1.807) is 21.3 Å². The smallest absolute Gasteiger partial charge is 0.259 e. The summed E-state index contributed by atoms with van der Waals surface area (Å²) >= 11 is 0. The third-order valence-electron chi connectivity index (χ3n) is 10.7. The molecule has 0 radical (unpaired) electrons. The van der Waals surface area contributed by atoms with Gasteiger partial charge in [-0.05, 0) is 101 Å². The van der Waals surface area contributed by atoms with Gasteiger partial charge < -0.3 is 33.0 Å². The van der Waals surface area contributed by atoms with Crippen molar-refractivity contribution in [1.29, 1.82) is 0 Å². The van der Waals surface area contributed by atoms with Crippen molar-refractivity contribution in [3.8, 4) is 11.5 Å². The SMILES string of the molecule is CCC(CC)(CCOP(OCC/C=N/C)N(C(C)C)C(C)C)OCCC(CC)(CC)OC(c1ccccc1)(c1ccc(OC)cc1)c1ccc(OC)cc1. The topological polar surface area (TPSA) is 71.0 Å². The van der Waals surface area contributed by atoms with E-state index in [-0.39, 0.29) is 5.60 Å². The first-order valence-corrected chi connectivity index (χ1v) is 21.1. The summed E-state index contributed by atoms with van der Waals surface area (Å²) in [6.45, 7) is 19.4. The van der Waals surface area contributed by atoms with Crippen LogP contribution in [0, 0.1) is 0 Å². The third-order valence-corrected chi connectivity index (χ3v) is 12.8. The van der Waals surface area contributed by atoms with Gasteiger partial charge in [-0.1, -0.05) is 82.3 Å². The first-order chi connectivity index (χ1) is 26.0. The zero-order valence-electron chi connectivity index (χ0n) is 35.1. The molecule has 300 valence electrons. The Labute approximate surface area is 328 Å². The van der Waals surface area contributed by atoms with Crippen molar-refractivity contribution in [2.24, 2.45) is 4.99 Å². The lowest BCUT2D eigenvalue weighted by atomic mass is 9.78. The van der Waals surface area contributed by atoms with E-state index < -0.39 is 19.7 Å². The maximum absolute atomic E-state index is 7.73. The van der Waals surface area contributed by atoms with Gasteiger partial charge in [0.05, 0.1) is 45.2 Å². The number of hydrogen-bond acceptors (Lipinski definition) is 8. The van der Waals surface area contributed by atoms with Gasteiger partial charge in [-0.25, -0.2) is 4.67 Å². The fraction of sp³-hybridized carbons (Fsp3) is 0.578. The predicted octanol–water partition coefficient (Wildman–Crippen LogP) is 11.4. The maximum atomic E-state index is 7.73. The van der Waals surface area contributed by atoms with Crippen molar-refractivity contribution < 1.29 is 28.0 Å². The molecule has 0 spiro atoms. The van der Waals surface area contributed by atoms with E-state index in [4.69, 9.17) is 28.0 Å². The molecule has 8 nitrogen and oxygen atoms in total. The van der Waals surface area contributed by atoms with Crippen LogP contribution in [0.3, 0.4) is 0 Å². The number of benzene rings is 3. The molecule has 0 aliphatic carbocycles. The molecular weight excluding hydrogens is 695 g/mol. The third kappa shape index (κ3) is 11.8. The van der Waals surface area contributed by atoms with Crippen LogP contribution in [0.4, 0.5) is 0 Å². The normalized spacial score (nSPS) is 13.4. The van der Waals surface area contributed by atoms with Crippen LogP contribution in [0.1, 0.15) is 117 Å². The standard InChI is InChI=1S/C45H69N2O6P/c1-12-43(13-2,31-35-52-54(51-33-19-32-46-9)47(36(5)6)37(7)8)50-34-30-44(14-3,15-4)53-45(38-20-17-16-18-21-38,39-22-26-41(48-10)27-23-39)40-24-28-42(49-11)29-25-40/h16-18,20-29,32,36-37H,12-15,19,30-31,33-35H2,1-11H3/b46-32+. The van der Waals surface area contributed by atoms with E-state index in [2.05, 4.69) is 120 Å². The first kappa shape index (κ1) is 45.5. The monoisotopic (exact) mass is 764 g/mol. The summed E-state index contributed by atoms with van der Waals surface area (Å²) in [5.74, 6) is 1.60. The second-order valence-corrected chi connectivity index (χ2v) is 15.9. The molecule has 0 saturated heterocycles. The van der Waals surface area contributed by atoms with Crippen LogP contribution in [-0.2, 0) is 24.1 Å². The highest BCUT2D eigenvalue weighted by atomic mass is 31.2. The fourth-order valence-corrected chi connectivity index (χ4v) is 8.83. The van der Waals surface area contributed by atoms with Crippen LogP contribution in [0.5, 0.6) is 11.5 Å². The molecule has 0 fully saturated rings. The number of hydrogen-bond donors (Lipinski definition) is 0. The number of aliphatic imine (C=N–C) groups is 1. The summed E-state index contributed by atoms with van der Waals surface area (Å²) in [5.41, 5.74) is 1.37. The van der Waals surface area contributed by atoms with Crippen LogP contribution in [0.2, 0.25) is 0 Å². The largest absolute Gasteiger partial charge is 0.497 e. The van der Waals surface area contributed by atoms with Crippen molar-refractivity contribution >= 4 is 14.7 Å². The number of nitrogens with zero attached hydrogens (tertiary/aromatic N) is 2. The van der Waals surface area contributed by atoms with Crippen molar-refractivity contribution in [2.75, 3.05) is 41.1 Å². The minimum atomic E-state index is -1.23. The Morgan fingerprint density at radius 3 is 1.54 bits per heavy atom. The average molecular weight is 765 g/mol. The average Bonchev–Trinajstić information content (AvgIpc) is 3.20. The molecule has 3 aromatic carbocycles. The Morgan fingerprint density at radius 2 is 1.09 bits per heavy atom. The van der Waals surface area contributed by atoms with Gasteiger partial charge in [-0.3, -0.25) is 0 Å². The molecule has 9 heteroatoms. The second kappa shape index (κ2) is 22.6. The molecule has 0 aliphatic rings. The summed E-state index contributed by atoms with van der Waals surface area (Å²) < 4.78 is 41.2. The van der Waals surface area contributed by atoms with E-state index in [1.165, 1.54) is 0 Å². The molecular formula is C45H69N2O6P. The van der Waals surface area contributed by atoms with E-state index in [0.717, 1.165) is 73.1 Å². The van der Waals surface area contributed by atoms with Gasteiger partial charge in [0.2, 0.25) is 0 Å². The summed E-state index contributed by atoms with van der Waals surface area (Å²) in [6.07, 6.45) is 7.56. The number of ether oxygens (including phenoxy) is 4. The highest BCUT2D eigenvalue weighted by Gasteiger charge is 2.45. The van der Waals surface area contributed by atoms with Gasteiger partial charge in [0.15, 0.2) is 0 Å². The molecule has 0 aliphatic heterocycles. The Hall–Kier alpha value is -2.84. The maximum Gasteiger partial charge on any atom is 0.259 e. The molecule has 1 unspecified atom stereocenters. The van der Waals surface area contributed by atoms with Crippen molar-refractivity contribution in [1.82, 2.24) is 4.67 Å². The van der Waals surface area contributed by atoms with Crippen molar-refractivity contribution in [3.63, 3.8) is 0 Å². The van der Waals surface area contributed by atoms with E-state index in [1.807, 2.05) is 30.5 Å². The lowest BCUT2D eigenvalue weighted by Crippen LogP contribution is -2.45. The summed E-state index contributed by atoms with van der Waals surface area (Å²) in [6, 6.07) is 27.7. The lowest BCUT2D eigenvalue weighted by Gasteiger charge is -2.45. The minimum Gasteiger partial charge on any atom is -0.497 e. The molecule has 3 aromatic rings. The molecule has 0 amide bonds. The molecule has 1 atom stereocenters. The molecule has 0 aromatic heterocycles. The summed E-state index contributed by atoms with van der Waals surface area (Å²) in [4.78, 5) is 4.11. The highest BCUT2D eigenvalue weighted by molar-refractivity contribution is 7.44. The highest BCUT2D eigenvalue weighted by Crippen LogP contribution is 2.48. The molecule has 0 saturated carbocycles. The lowest BCUT2D eigenvalue weighted by molar-refractivity contribution is -0.152. The summed E-state index contributed by atoms with van der Waals surface area (Å²) in [7, 11) is 3.96. The Kier molecular flexibility index (Phi) is 19.1. The minimum absolute atomic E-state index is 0.296.